The summed E-state index contributed by atoms with van der Waals surface area (Å²) in [5.74, 6) is 1.32. The van der Waals surface area contributed by atoms with Crippen LogP contribution < -0.4 is 0 Å². The van der Waals surface area contributed by atoms with Crippen molar-refractivity contribution in [2.24, 2.45) is 11.3 Å². The number of hydrogen-bond donors (Lipinski definition) is 0. The van der Waals surface area contributed by atoms with E-state index in [9.17, 15) is 4.79 Å². The first-order valence-electron chi connectivity index (χ1n) is 7.72. The van der Waals surface area contributed by atoms with E-state index >= 15 is 0 Å². The molecule has 1 aromatic rings. The fraction of sp³-hybridized carbons (Fsp3) is 0.611. The van der Waals surface area contributed by atoms with Gasteiger partial charge in [0, 0.05) is 11.5 Å². The minimum Gasteiger partial charge on any atom is -0.294 e. The summed E-state index contributed by atoms with van der Waals surface area (Å²) in [5.41, 5.74) is 2.51. The van der Waals surface area contributed by atoms with Crippen molar-refractivity contribution in [3.8, 4) is 0 Å². The van der Waals surface area contributed by atoms with E-state index in [0.29, 0.717) is 11.7 Å². The van der Waals surface area contributed by atoms with Crippen molar-refractivity contribution in [1.82, 2.24) is 0 Å². The average Bonchev–Trinajstić information content (AvgIpc) is 2.66. The molecule has 3 rings (SSSR count). The second-order valence-corrected chi connectivity index (χ2v) is 7.05. The van der Waals surface area contributed by atoms with E-state index in [1.54, 1.807) is 0 Å². The van der Waals surface area contributed by atoms with Crippen molar-refractivity contribution < 1.29 is 4.79 Å². The maximum atomic E-state index is 12.7. The summed E-state index contributed by atoms with van der Waals surface area (Å²) in [4.78, 5) is 12.7. The molecule has 1 aromatic carbocycles. The number of carbonyl (C=O) groups is 1. The number of rotatable bonds is 3. The van der Waals surface area contributed by atoms with Crippen LogP contribution in [-0.2, 0) is 0 Å². The third kappa shape index (κ3) is 2.35. The second kappa shape index (κ2) is 4.77. The molecular weight excluding hydrogens is 232 g/mol. The SMILES string of the molecule is CC1(C)CCCC1C(=O)c1cccc(C2CCC2)c1. The Kier molecular flexibility index (Phi) is 3.24. The Hall–Kier alpha value is -1.11. The van der Waals surface area contributed by atoms with Crippen molar-refractivity contribution >= 4 is 5.78 Å². The topological polar surface area (TPSA) is 17.1 Å². The Balaban J connectivity index is 1.83. The fourth-order valence-electron chi connectivity index (χ4n) is 3.70. The number of benzene rings is 1. The Bertz CT molecular complexity index is 482. The minimum atomic E-state index is 0.184. The molecule has 0 amide bonds. The maximum absolute atomic E-state index is 12.7. The van der Waals surface area contributed by atoms with Crippen molar-refractivity contribution in [2.75, 3.05) is 0 Å². The standard InChI is InChI=1S/C18H24O/c1-18(2)11-5-10-16(18)17(19)15-9-4-8-14(12-15)13-6-3-7-13/h4,8-9,12-13,16H,3,5-7,10-11H2,1-2H3. The zero-order chi connectivity index (χ0) is 13.5. The highest BCUT2D eigenvalue weighted by molar-refractivity contribution is 5.98. The molecule has 0 radical (unpaired) electrons. The highest BCUT2D eigenvalue weighted by atomic mass is 16.1. The predicted molar refractivity (Wildman–Crippen MR) is 78.5 cm³/mol. The molecule has 2 fully saturated rings. The zero-order valence-electron chi connectivity index (χ0n) is 12.1. The molecule has 1 atom stereocenters. The van der Waals surface area contributed by atoms with E-state index in [0.717, 1.165) is 12.0 Å². The molecule has 1 heteroatoms. The van der Waals surface area contributed by atoms with Gasteiger partial charge in [-0.3, -0.25) is 4.79 Å². The van der Waals surface area contributed by atoms with Crippen LogP contribution in [-0.4, -0.2) is 5.78 Å². The highest BCUT2D eigenvalue weighted by Crippen LogP contribution is 2.44. The molecule has 2 aliphatic rings. The Morgan fingerprint density at radius 2 is 1.95 bits per heavy atom. The van der Waals surface area contributed by atoms with Gasteiger partial charge in [0.15, 0.2) is 5.78 Å². The van der Waals surface area contributed by atoms with E-state index in [-0.39, 0.29) is 11.3 Å². The van der Waals surface area contributed by atoms with E-state index < -0.39 is 0 Å². The molecule has 2 aliphatic carbocycles. The lowest BCUT2D eigenvalue weighted by atomic mass is 9.76. The predicted octanol–water partition coefficient (Wildman–Crippen LogP) is 4.96. The summed E-state index contributed by atoms with van der Waals surface area (Å²) in [6.45, 7) is 4.50. The van der Waals surface area contributed by atoms with E-state index in [2.05, 4.69) is 32.0 Å². The van der Waals surface area contributed by atoms with Gasteiger partial charge >= 0.3 is 0 Å². The summed E-state index contributed by atoms with van der Waals surface area (Å²) >= 11 is 0. The molecule has 19 heavy (non-hydrogen) atoms. The first-order valence-corrected chi connectivity index (χ1v) is 7.72. The van der Waals surface area contributed by atoms with Gasteiger partial charge in [0.1, 0.15) is 0 Å². The molecule has 0 aromatic heterocycles. The first-order chi connectivity index (χ1) is 9.08. The van der Waals surface area contributed by atoms with Crippen LogP contribution in [0.25, 0.3) is 0 Å². The maximum Gasteiger partial charge on any atom is 0.166 e. The molecule has 0 aliphatic heterocycles. The average molecular weight is 256 g/mol. The molecule has 2 saturated carbocycles. The number of hydrogen-bond acceptors (Lipinski definition) is 1. The third-order valence-corrected chi connectivity index (χ3v) is 5.32. The van der Waals surface area contributed by atoms with Gasteiger partial charge in [0.05, 0.1) is 0 Å². The monoisotopic (exact) mass is 256 g/mol. The van der Waals surface area contributed by atoms with E-state index in [1.165, 1.54) is 37.7 Å². The lowest BCUT2D eigenvalue weighted by Crippen LogP contribution is -2.26. The Morgan fingerprint density at radius 3 is 2.53 bits per heavy atom. The molecule has 0 spiro atoms. The van der Waals surface area contributed by atoms with Crippen molar-refractivity contribution in [3.63, 3.8) is 0 Å². The van der Waals surface area contributed by atoms with Crippen LogP contribution in [0, 0.1) is 11.3 Å². The Labute approximate surface area is 116 Å². The summed E-state index contributed by atoms with van der Waals surface area (Å²) < 4.78 is 0. The molecule has 0 heterocycles. The van der Waals surface area contributed by atoms with Crippen LogP contribution in [0.2, 0.25) is 0 Å². The second-order valence-electron chi connectivity index (χ2n) is 7.05. The lowest BCUT2D eigenvalue weighted by molar-refractivity contribution is 0.0839. The van der Waals surface area contributed by atoms with Gasteiger partial charge in [-0.1, -0.05) is 44.9 Å². The molecule has 0 bridgehead atoms. The molecule has 102 valence electrons. The van der Waals surface area contributed by atoms with Gasteiger partial charge in [-0.2, -0.15) is 0 Å². The fourth-order valence-corrected chi connectivity index (χ4v) is 3.70. The quantitative estimate of drug-likeness (QED) is 0.698. The van der Waals surface area contributed by atoms with Crippen LogP contribution in [0.1, 0.15) is 74.2 Å². The zero-order valence-corrected chi connectivity index (χ0v) is 12.1. The van der Waals surface area contributed by atoms with Gasteiger partial charge in [-0.05, 0) is 48.6 Å². The lowest BCUT2D eigenvalue weighted by Gasteiger charge is -2.28. The van der Waals surface area contributed by atoms with Crippen LogP contribution in [0.15, 0.2) is 24.3 Å². The number of Topliss-reactive ketones (excluding diaryl/α,β-unsaturated/α-hetero) is 1. The van der Waals surface area contributed by atoms with Gasteiger partial charge in [-0.25, -0.2) is 0 Å². The largest absolute Gasteiger partial charge is 0.294 e. The van der Waals surface area contributed by atoms with Crippen molar-refractivity contribution in [3.05, 3.63) is 35.4 Å². The smallest absolute Gasteiger partial charge is 0.166 e. The molecular formula is C18H24O. The van der Waals surface area contributed by atoms with E-state index in [1.807, 2.05) is 6.07 Å². The van der Waals surface area contributed by atoms with Crippen molar-refractivity contribution in [2.45, 2.75) is 58.3 Å². The van der Waals surface area contributed by atoms with Gasteiger partial charge in [-0.15, -0.1) is 0 Å². The normalized spacial score (nSPS) is 26.1. The van der Waals surface area contributed by atoms with Gasteiger partial charge < -0.3 is 0 Å². The van der Waals surface area contributed by atoms with Crippen LogP contribution in [0.3, 0.4) is 0 Å². The van der Waals surface area contributed by atoms with Crippen LogP contribution >= 0.6 is 0 Å². The number of ketones is 1. The molecule has 0 N–H and O–H groups in total. The van der Waals surface area contributed by atoms with Crippen LogP contribution in [0.5, 0.6) is 0 Å². The summed E-state index contributed by atoms with van der Waals surface area (Å²) in [7, 11) is 0. The third-order valence-electron chi connectivity index (χ3n) is 5.32. The van der Waals surface area contributed by atoms with Gasteiger partial charge in [0.25, 0.3) is 0 Å². The Morgan fingerprint density at radius 1 is 1.16 bits per heavy atom. The highest BCUT2D eigenvalue weighted by Gasteiger charge is 2.39. The minimum absolute atomic E-state index is 0.184. The molecule has 1 nitrogen and oxygen atoms in total. The van der Waals surface area contributed by atoms with Crippen molar-refractivity contribution in [1.29, 1.82) is 0 Å². The van der Waals surface area contributed by atoms with Gasteiger partial charge in [0.2, 0.25) is 0 Å². The summed E-state index contributed by atoms with van der Waals surface area (Å²) in [6.07, 6.45) is 7.40. The number of carbonyl (C=O) groups excluding carboxylic acids is 1. The molecule has 0 saturated heterocycles. The molecule has 1 unspecified atom stereocenters. The summed E-state index contributed by atoms with van der Waals surface area (Å²) in [5, 5.41) is 0. The van der Waals surface area contributed by atoms with E-state index in [4.69, 9.17) is 0 Å². The summed E-state index contributed by atoms with van der Waals surface area (Å²) in [6, 6.07) is 8.45. The first kappa shape index (κ1) is 12.9. The van der Waals surface area contributed by atoms with Crippen LogP contribution in [0.4, 0.5) is 0 Å².